The lowest BCUT2D eigenvalue weighted by molar-refractivity contribution is -0.205. The molecular weight excluding hydrogens is 324 g/mol. The highest BCUT2D eigenvalue weighted by Crippen LogP contribution is 2.52. The molecule has 1 aliphatic heterocycles. The number of carbonyl (C=O) groups excluding carboxylic acids is 1. The van der Waals surface area contributed by atoms with Gasteiger partial charge in [-0.05, 0) is 37.8 Å². The second-order valence-electron chi connectivity index (χ2n) is 7.20. The fourth-order valence-electron chi connectivity index (χ4n) is 4.08. The number of carbonyl (C=O) groups is 1. The second kappa shape index (κ2) is 7.34. The quantitative estimate of drug-likeness (QED) is 0.735. The average molecular weight is 352 g/mol. The van der Waals surface area contributed by atoms with Gasteiger partial charge in [-0.3, -0.25) is 4.79 Å². The van der Waals surface area contributed by atoms with Gasteiger partial charge in [-0.1, -0.05) is 74.5 Å². The summed E-state index contributed by atoms with van der Waals surface area (Å²) >= 11 is 0. The number of Topliss-reactive ketones (excluding diaryl/α,β-unsaturated/α-hetero) is 1. The molecule has 0 N–H and O–H groups in total. The van der Waals surface area contributed by atoms with Crippen LogP contribution >= 0.6 is 0 Å². The summed E-state index contributed by atoms with van der Waals surface area (Å²) < 4.78 is 12.7. The molecule has 2 aromatic carbocycles. The Kier molecular flexibility index (Phi) is 5.31. The highest BCUT2D eigenvalue weighted by molar-refractivity contribution is 6.00. The Hall–Kier alpha value is -1.97. The monoisotopic (exact) mass is 352 g/mol. The van der Waals surface area contributed by atoms with Crippen LogP contribution < -0.4 is 0 Å². The highest BCUT2D eigenvalue weighted by atomic mass is 16.7. The molecule has 3 rings (SSSR count). The predicted molar refractivity (Wildman–Crippen MR) is 103 cm³/mol. The Balaban J connectivity index is 2.20. The van der Waals surface area contributed by atoms with Crippen LogP contribution in [0.25, 0.3) is 0 Å². The van der Waals surface area contributed by atoms with Gasteiger partial charge < -0.3 is 9.47 Å². The van der Waals surface area contributed by atoms with Crippen LogP contribution in [0.4, 0.5) is 0 Å². The molecule has 1 saturated heterocycles. The summed E-state index contributed by atoms with van der Waals surface area (Å²) in [6.45, 7) is 8.01. The average Bonchev–Trinajstić information content (AvgIpc) is 2.92. The summed E-state index contributed by atoms with van der Waals surface area (Å²) in [5.74, 6) is 0.0954. The lowest BCUT2D eigenvalue weighted by Crippen LogP contribution is -2.45. The maximum atomic E-state index is 14.0. The minimum absolute atomic E-state index is 0.0362. The zero-order valence-electron chi connectivity index (χ0n) is 16.1. The molecule has 0 aromatic heterocycles. The minimum Gasteiger partial charge on any atom is -0.348 e. The third-order valence-electron chi connectivity index (χ3n) is 5.46. The molecule has 26 heavy (non-hydrogen) atoms. The maximum absolute atomic E-state index is 14.0. The zero-order chi connectivity index (χ0) is 18.8. The van der Waals surface area contributed by atoms with E-state index < -0.39 is 17.3 Å². The summed E-state index contributed by atoms with van der Waals surface area (Å²) in [6, 6.07) is 19.8. The highest BCUT2D eigenvalue weighted by Gasteiger charge is 2.64. The van der Waals surface area contributed by atoms with E-state index in [-0.39, 0.29) is 11.9 Å². The molecule has 0 unspecified atom stereocenters. The van der Waals surface area contributed by atoms with Crippen LogP contribution in [0.1, 0.15) is 51.7 Å². The molecule has 0 amide bonds. The number of ketones is 1. The molecule has 1 aliphatic rings. The van der Waals surface area contributed by atoms with Crippen LogP contribution in [-0.2, 0) is 25.3 Å². The van der Waals surface area contributed by atoms with Gasteiger partial charge in [-0.2, -0.15) is 0 Å². The van der Waals surface area contributed by atoms with E-state index in [0.717, 1.165) is 11.1 Å². The molecule has 0 bridgehead atoms. The van der Waals surface area contributed by atoms with Crippen molar-refractivity contribution in [2.45, 2.75) is 63.9 Å². The van der Waals surface area contributed by atoms with Crippen molar-refractivity contribution >= 4 is 5.78 Å². The van der Waals surface area contributed by atoms with Crippen LogP contribution in [0.5, 0.6) is 0 Å². The molecule has 2 aromatic rings. The molecule has 0 aliphatic carbocycles. The smallest absolute Gasteiger partial charge is 0.184 e. The van der Waals surface area contributed by atoms with Gasteiger partial charge >= 0.3 is 0 Å². The summed E-state index contributed by atoms with van der Waals surface area (Å²) in [4.78, 5) is 14.0. The Labute approximate surface area is 156 Å². The second-order valence-corrected chi connectivity index (χ2v) is 7.20. The van der Waals surface area contributed by atoms with Crippen LogP contribution in [0.3, 0.4) is 0 Å². The number of hydrogen-bond acceptors (Lipinski definition) is 3. The summed E-state index contributed by atoms with van der Waals surface area (Å²) in [5.41, 5.74) is 0.0739. The fraction of sp³-hybridized carbons (Fsp3) is 0.435. The van der Waals surface area contributed by atoms with Gasteiger partial charge in [0.2, 0.25) is 0 Å². The van der Waals surface area contributed by atoms with E-state index in [9.17, 15) is 4.79 Å². The Morgan fingerprint density at radius 3 is 1.92 bits per heavy atom. The lowest BCUT2D eigenvalue weighted by Gasteiger charge is -2.32. The van der Waals surface area contributed by atoms with Crippen molar-refractivity contribution in [3.05, 3.63) is 71.8 Å². The van der Waals surface area contributed by atoms with E-state index in [4.69, 9.17) is 9.47 Å². The first-order chi connectivity index (χ1) is 12.5. The fourth-order valence-corrected chi connectivity index (χ4v) is 4.08. The maximum Gasteiger partial charge on any atom is 0.184 e. The SMILES string of the molecule is CC[C@@]1(c2ccccc2)C(=O)[C@](CC)(c2ccccc2)O[C@@H]1OC(C)C. The van der Waals surface area contributed by atoms with Crippen LogP contribution in [0.15, 0.2) is 60.7 Å². The topological polar surface area (TPSA) is 35.5 Å². The number of benzene rings is 2. The van der Waals surface area contributed by atoms with Gasteiger partial charge in [0.25, 0.3) is 0 Å². The molecule has 0 radical (unpaired) electrons. The van der Waals surface area contributed by atoms with E-state index in [0.29, 0.717) is 12.8 Å². The Morgan fingerprint density at radius 1 is 0.923 bits per heavy atom. The van der Waals surface area contributed by atoms with Crippen molar-refractivity contribution in [2.24, 2.45) is 0 Å². The molecule has 1 fully saturated rings. The van der Waals surface area contributed by atoms with E-state index in [1.54, 1.807) is 0 Å². The predicted octanol–water partition coefficient (Wildman–Crippen LogP) is 4.99. The molecular formula is C23H28O3. The zero-order valence-corrected chi connectivity index (χ0v) is 16.1. The van der Waals surface area contributed by atoms with Crippen LogP contribution in [-0.4, -0.2) is 18.2 Å². The molecule has 3 atom stereocenters. The molecule has 138 valence electrons. The van der Waals surface area contributed by atoms with Gasteiger partial charge in [0.15, 0.2) is 17.7 Å². The van der Waals surface area contributed by atoms with Gasteiger partial charge in [-0.25, -0.2) is 0 Å². The first-order valence-corrected chi connectivity index (χ1v) is 9.50. The number of ether oxygens (including phenoxy) is 2. The van der Waals surface area contributed by atoms with Crippen molar-refractivity contribution in [1.29, 1.82) is 0 Å². The van der Waals surface area contributed by atoms with Gasteiger partial charge in [0.05, 0.1) is 6.10 Å². The van der Waals surface area contributed by atoms with Crippen molar-refractivity contribution in [2.75, 3.05) is 0 Å². The van der Waals surface area contributed by atoms with E-state index in [1.165, 1.54) is 0 Å². The van der Waals surface area contributed by atoms with E-state index in [1.807, 2.05) is 88.4 Å². The Bertz CT molecular complexity index is 741. The standard InChI is InChI=1S/C23H28O3/c1-5-22(18-13-9-7-10-14-18)20(24)23(6-2,19-15-11-8-12-16-19)26-21(22)25-17(3)4/h7-17,21H,5-6H2,1-4H3/t21-,22+,23-/m0/s1. The van der Waals surface area contributed by atoms with Gasteiger partial charge in [-0.15, -0.1) is 0 Å². The van der Waals surface area contributed by atoms with Gasteiger partial charge in [0.1, 0.15) is 5.41 Å². The van der Waals surface area contributed by atoms with Crippen LogP contribution in [0.2, 0.25) is 0 Å². The summed E-state index contributed by atoms with van der Waals surface area (Å²) in [7, 11) is 0. The van der Waals surface area contributed by atoms with E-state index >= 15 is 0 Å². The normalized spacial score (nSPS) is 28.7. The van der Waals surface area contributed by atoms with Gasteiger partial charge in [0, 0.05) is 0 Å². The molecule has 3 heteroatoms. The lowest BCUT2D eigenvalue weighted by atomic mass is 9.69. The third kappa shape index (κ3) is 2.80. The molecule has 0 spiro atoms. The summed E-state index contributed by atoms with van der Waals surface area (Å²) in [5, 5.41) is 0. The van der Waals surface area contributed by atoms with Crippen molar-refractivity contribution < 1.29 is 14.3 Å². The molecule has 0 saturated carbocycles. The Morgan fingerprint density at radius 2 is 1.46 bits per heavy atom. The van der Waals surface area contributed by atoms with Crippen molar-refractivity contribution in [1.82, 2.24) is 0 Å². The first-order valence-electron chi connectivity index (χ1n) is 9.50. The molecule has 3 nitrogen and oxygen atoms in total. The number of hydrogen-bond donors (Lipinski definition) is 0. The van der Waals surface area contributed by atoms with Crippen molar-refractivity contribution in [3.8, 4) is 0 Å². The minimum atomic E-state index is -0.979. The van der Waals surface area contributed by atoms with Crippen molar-refractivity contribution in [3.63, 3.8) is 0 Å². The largest absolute Gasteiger partial charge is 0.348 e. The number of rotatable bonds is 6. The third-order valence-corrected chi connectivity index (χ3v) is 5.46. The molecule has 1 heterocycles. The summed E-state index contributed by atoms with van der Waals surface area (Å²) in [6.07, 6.45) is 0.554. The van der Waals surface area contributed by atoms with Crippen LogP contribution in [0, 0.1) is 0 Å². The first kappa shape index (κ1) is 18.8. The van der Waals surface area contributed by atoms with E-state index in [2.05, 4.69) is 0 Å².